The number of benzene rings is 1. The molecule has 4 nitrogen and oxygen atoms in total. The molecular weight excluding hydrogens is 242 g/mol. The van der Waals surface area contributed by atoms with Gasteiger partial charge in [-0.05, 0) is 24.5 Å². The lowest BCUT2D eigenvalue weighted by molar-refractivity contribution is 0.00142. The third-order valence-corrected chi connectivity index (χ3v) is 2.79. The molecule has 0 spiro atoms. The first-order valence-corrected chi connectivity index (χ1v) is 6.86. The summed E-state index contributed by atoms with van der Waals surface area (Å²) in [6.45, 7) is 5.51. The molecule has 0 bridgehead atoms. The molecule has 0 aromatic heterocycles. The number of hydrogen-bond acceptors (Lipinski definition) is 4. The topological polar surface area (TPSA) is 64.7 Å². The Kier molecular flexibility index (Phi) is 7.30. The van der Waals surface area contributed by atoms with E-state index in [-0.39, 0.29) is 6.61 Å². The molecule has 0 aliphatic heterocycles. The van der Waals surface area contributed by atoms with Crippen LogP contribution in [-0.2, 0) is 4.74 Å². The van der Waals surface area contributed by atoms with Crippen LogP contribution in [0.2, 0.25) is 0 Å². The zero-order chi connectivity index (χ0) is 14.1. The van der Waals surface area contributed by atoms with Gasteiger partial charge in [-0.3, -0.25) is 0 Å². The van der Waals surface area contributed by atoms with Crippen molar-refractivity contribution in [3.05, 3.63) is 24.3 Å². The second kappa shape index (κ2) is 8.77. The number of ether oxygens (including phenoxy) is 2. The molecule has 1 aromatic carbocycles. The van der Waals surface area contributed by atoms with Gasteiger partial charge in [0.25, 0.3) is 0 Å². The zero-order valence-corrected chi connectivity index (χ0v) is 11.8. The summed E-state index contributed by atoms with van der Waals surface area (Å²) < 4.78 is 10.9. The molecule has 0 heterocycles. The van der Waals surface area contributed by atoms with E-state index >= 15 is 0 Å². The normalized spacial score (nSPS) is 14.1. The van der Waals surface area contributed by atoms with Crippen LogP contribution in [0.15, 0.2) is 24.3 Å². The minimum absolute atomic E-state index is 0.214. The van der Waals surface area contributed by atoms with Crippen molar-refractivity contribution in [2.75, 3.05) is 25.6 Å². The molecule has 0 saturated heterocycles. The van der Waals surface area contributed by atoms with Crippen LogP contribution in [-0.4, -0.2) is 31.0 Å². The van der Waals surface area contributed by atoms with E-state index < -0.39 is 6.10 Å². The number of hydrogen-bond donors (Lipinski definition) is 2. The van der Waals surface area contributed by atoms with E-state index in [0.29, 0.717) is 30.6 Å². The van der Waals surface area contributed by atoms with Crippen LogP contribution in [0.4, 0.5) is 5.69 Å². The lowest BCUT2D eigenvalue weighted by Gasteiger charge is -2.15. The minimum Gasteiger partial charge on any atom is -0.491 e. The van der Waals surface area contributed by atoms with Gasteiger partial charge in [0.15, 0.2) is 0 Å². The van der Waals surface area contributed by atoms with Gasteiger partial charge in [-0.25, -0.2) is 0 Å². The fourth-order valence-electron chi connectivity index (χ4n) is 1.83. The van der Waals surface area contributed by atoms with Crippen molar-refractivity contribution in [2.24, 2.45) is 5.92 Å². The van der Waals surface area contributed by atoms with E-state index in [9.17, 15) is 5.11 Å². The van der Waals surface area contributed by atoms with Crippen LogP contribution >= 0.6 is 0 Å². The van der Waals surface area contributed by atoms with Crippen molar-refractivity contribution in [2.45, 2.75) is 32.8 Å². The van der Waals surface area contributed by atoms with Gasteiger partial charge in [-0.15, -0.1) is 0 Å². The summed E-state index contributed by atoms with van der Waals surface area (Å²) in [4.78, 5) is 0. The summed E-state index contributed by atoms with van der Waals surface area (Å²) in [6.07, 6.45) is 1.69. The van der Waals surface area contributed by atoms with E-state index in [1.165, 1.54) is 0 Å². The highest BCUT2D eigenvalue weighted by Gasteiger charge is 2.07. The molecule has 0 radical (unpaired) electrons. The minimum atomic E-state index is -0.616. The van der Waals surface area contributed by atoms with E-state index in [0.717, 1.165) is 12.8 Å². The predicted octanol–water partition coefficient (Wildman–Crippen LogP) is 2.46. The number of aliphatic hydroxyl groups is 1. The maximum absolute atomic E-state index is 9.74. The van der Waals surface area contributed by atoms with Crippen LogP contribution < -0.4 is 10.5 Å². The Balaban J connectivity index is 2.16. The standard InChI is InChI=1S/C15H25NO3/c1-3-5-12(2)9-18-10-14(17)11-19-15-7-4-6-13(16)8-15/h4,6-8,12,14,17H,3,5,9-11,16H2,1-2H3. The molecular formula is C15H25NO3. The van der Waals surface area contributed by atoms with Crippen molar-refractivity contribution < 1.29 is 14.6 Å². The third kappa shape index (κ3) is 7.03. The van der Waals surface area contributed by atoms with Crippen molar-refractivity contribution >= 4 is 5.69 Å². The smallest absolute Gasteiger partial charge is 0.121 e. The van der Waals surface area contributed by atoms with Crippen molar-refractivity contribution in [1.82, 2.24) is 0 Å². The molecule has 0 aliphatic carbocycles. The van der Waals surface area contributed by atoms with Crippen LogP contribution in [0.3, 0.4) is 0 Å². The number of nitrogen functional groups attached to an aromatic ring is 1. The number of nitrogens with two attached hydrogens (primary N) is 1. The largest absolute Gasteiger partial charge is 0.491 e. The number of rotatable bonds is 9. The van der Waals surface area contributed by atoms with Crippen LogP contribution in [0.25, 0.3) is 0 Å². The highest BCUT2D eigenvalue weighted by atomic mass is 16.5. The second-order valence-corrected chi connectivity index (χ2v) is 4.97. The molecule has 0 amide bonds. The Bertz CT molecular complexity index is 357. The average molecular weight is 267 g/mol. The van der Waals surface area contributed by atoms with Gasteiger partial charge in [0.2, 0.25) is 0 Å². The molecule has 1 rings (SSSR count). The maximum Gasteiger partial charge on any atom is 0.121 e. The van der Waals surface area contributed by atoms with Gasteiger partial charge in [0.1, 0.15) is 18.5 Å². The quantitative estimate of drug-likeness (QED) is 0.675. The summed E-state index contributed by atoms with van der Waals surface area (Å²) in [6, 6.07) is 7.16. The van der Waals surface area contributed by atoms with Crippen molar-refractivity contribution in [3.63, 3.8) is 0 Å². The summed E-state index contributed by atoms with van der Waals surface area (Å²) >= 11 is 0. The molecule has 0 fully saturated rings. The molecule has 3 N–H and O–H groups in total. The van der Waals surface area contributed by atoms with Gasteiger partial charge < -0.3 is 20.3 Å². The van der Waals surface area contributed by atoms with E-state index in [1.54, 1.807) is 12.1 Å². The molecule has 1 aromatic rings. The lowest BCUT2D eigenvalue weighted by Crippen LogP contribution is -2.24. The SMILES string of the molecule is CCCC(C)COCC(O)COc1cccc(N)c1. The Morgan fingerprint density at radius 1 is 1.26 bits per heavy atom. The Labute approximate surface area is 115 Å². The Hall–Kier alpha value is -1.26. The lowest BCUT2D eigenvalue weighted by atomic mass is 10.1. The average Bonchev–Trinajstić information content (AvgIpc) is 2.37. The predicted molar refractivity (Wildman–Crippen MR) is 77.2 cm³/mol. The van der Waals surface area contributed by atoms with Gasteiger partial charge in [0.05, 0.1) is 6.61 Å². The van der Waals surface area contributed by atoms with Crippen LogP contribution in [0.5, 0.6) is 5.75 Å². The van der Waals surface area contributed by atoms with Gasteiger partial charge in [-0.1, -0.05) is 26.3 Å². The fraction of sp³-hybridized carbons (Fsp3) is 0.600. The highest BCUT2D eigenvalue weighted by Crippen LogP contribution is 2.14. The first kappa shape index (κ1) is 15.8. The maximum atomic E-state index is 9.74. The van der Waals surface area contributed by atoms with Gasteiger partial charge in [-0.2, -0.15) is 0 Å². The van der Waals surface area contributed by atoms with E-state index in [4.69, 9.17) is 15.2 Å². The summed E-state index contributed by atoms with van der Waals surface area (Å²) in [7, 11) is 0. The molecule has 0 aliphatic rings. The summed E-state index contributed by atoms with van der Waals surface area (Å²) in [5, 5.41) is 9.74. The molecule has 108 valence electrons. The second-order valence-electron chi connectivity index (χ2n) is 4.97. The first-order chi connectivity index (χ1) is 9.11. The molecule has 19 heavy (non-hydrogen) atoms. The number of aliphatic hydroxyl groups excluding tert-OH is 1. The molecule has 2 unspecified atom stereocenters. The highest BCUT2D eigenvalue weighted by molar-refractivity contribution is 5.43. The zero-order valence-electron chi connectivity index (χ0n) is 11.8. The van der Waals surface area contributed by atoms with E-state index in [2.05, 4.69) is 13.8 Å². The Morgan fingerprint density at radius 3 is 2.74 bits per heavy atom. The van der Waals surface area contributed by atoms with Crippen LogP contribution in [0, 0.1) is 5.92 Å². The fourth-order valence-corrected chi connectivity index (χ4v) is 1.83. The van der Waals surface area contributed by atoms with Gasteiger partial charge >= 0.3 is 0 Å². The van der Waals surface area contributed by atoms with Gasteiger partial charge in [0, 0.05) is 18.4 Å². The monoisotopic (exact) mass is 267 g/mol. The third-order valence-electron chi connectivity index (χ3n) is 2.79. The number of anilines is 1. The summed E-state index contributed by atoms with van der Waals surface area (Å²) in [5.74, 6) is 1.20. The Morgan fingerprint density at radius 2 is 2.05 bits per heavy atom. The van der Waals surface area contributed by atoms with Crippen molar-refractivity contribution in [1.29, 1.82) is 0 Å². The molecule has 0 saturated carbocycles. The van der Waals surface area contributed by atoms with Crippen molar-refractivity contribution in [3.8, 4) is 5.75 Å². The van der Waals surface area contributed by atoms with Crippen LogP contribution in [0.1, 0.15) is 26.7 Å². The first-order valence-electron chi connectivity index (χ1n) is 6.86. The summed E-state index contributed by atoms with van der Waals surface area (Å²) in [5.41, 5.74) is 6.29. The molecule has 2 atom stereocenters. The van der Waals surface area contributed by atoms with E-state index in [1.807, 2.05) is 12.1 Å². The molecule has 4 heteroatoms.